The van der Waals surface area contributed by atoms with Crippen LogP contribution in [0.25, 0.3) is 0 Å². The molecule has 0 fully saturated rings. The average molecular weight is 270 g/mol. The summed E-state index contributed by atoms with van der Waals surface area (Å²) in [7, 11) is 1.66. The van der Waals surface area contributed by atoms with Gasteiger partial charge in [-0.05, 0) is 5.41 Å². The number of hydrogen-bond donors (Lipinski definition) is 1. The molecule has 4 nitrogen and oxygen atoms in total. The lowest BCUT2D eigenvalue weighted by Gasteiger charge is -2.17. The molecule has 0 saturated heterocycles. The summed E-state index contributed by atoms with van der Waals surface area (Å²) in [5, 5.41) is 5.92. The third kappa shape index (κ3) is 6.12. The molecule has 1 amide bonds. The molecule has 0 radical (unpaired) electrons. The first-order valence-electron chi connectivity index (χ1n) is 6.09. The highest BCUT2D eigenvalue weighted by Gasteiger charge is 2.15. The van der Waals surface area contributed by atoms with Gasteiger partial charge >= 0.3 is 0 Å². The Hall–Kier alpha value is -0.940. The maximum absolute atomic E-state index is 11.6. The quantitative estimate of drug-likeness (QED) is 0.863. The summed E-state index contributed by atoms with van der Waals surface area (Å²) in [5.41, 5.74) is 1.05. The van der Waals surface area contributed by atoms with E-state index in [4.69, 9.17) is 4.74 Å². The van der Waals surface area contributed by atoms with Crippen LogP contribution in [0.4, 0.5) is 0 Å². The molecule has 0 atom stereocenters. The van der Waals surface area contributed by atoms with Crippen LogP contribution in [0.1, 0.15) is 37.9 Å². The van der Waals surface area contributed by atoms with E-state index < -0.39 is 0 Å². The van der Waals surface area contributed by atoms with Crippen molar-refractivity contribution in [3.05, 3.63) is 16.1 Å². The van der Waals surface area contributed by atoms with E-state index >= 15 is 0 Å². The minimum Gasteiger partial charge on any atom is -0.378 e. The van der Waals surface area contributed by atoms with Gasteiger partial charge in [0.2, 0.25) is 5.91 Å². The van der Waals surface area contributed by atoms with Crippen molar-refractivity contribution in [2.24, 2.45) is 5.41 Å². The van der Waals surface area contributed by atoms with Crippen LogP contribution in [0.3, 0.4) is 0 Å². The highest BCUT2D eigenvalue weighted by molar-refractivity contribution is 7.09. The van der Waals surface area contributed by atoms with Gasteiger partial charge in [0, 0.05) is 31.9 Å². The normalized spacial score (nSPS) is 11.6. The van der Waals surface area contributed by atoms with E-state index in [1.54, 1.807) is 18.4 Å². The minimum atomic E-state index is 0.0380. The van der Waals surface area contributed by atoms with Gasteiger partial charge in [-0.3, -0.25) is 4.79 Å². The Balaban J connectivity index is 2.26. The van der Waals surface area contributed by atoms with Crippen molar-refractivity contribution in [3.8, 4) is 0 Å². The van der Waals surface area contributed by atoms with E-state index in [1.807, 2.05) is 5.38 Å². The van der Waals surface area contributed by atoms with E-state index in [0.29, 0.717) is 19.6 Å². The molecule has 0 aliphatic rings. The molecule has 0 unspecified atom stereocenters. The fraction of sp³-hybridized carbons (Fsp3) is 0.692. The summed E-state index contributed by atoms with van der Waals surface area (Å²) in [6.07, 6.45) is 1.33. The van der Waals surface area contributed by atoms with Crippen molar-refractivity contribution >= 4 is 17.2 Å². The number of amides is 1. The number of ether oxygens (including phenoxy) is 1. The maximum atomic E-state index is 11.6. The number of thiazole rings is 1. The number of carbonyl (C=O) groups is 1. The van der Waals surface area contributed by atoms with E-state index in [0.717, 1.165) is 17.1 Å². The number of nitrogens with one attached hydrogen (secondary N) is 1. The molecule has 0 aliphatic heterocycles. The lowest BCUT2D eigenvalue weighted by molar-refractivity contribution is -0.122. The van der Waals surface area contributed by atoms with Crippen LogP contribution in [0.5, 0.6) is 0 Å². The Kier molecular flexibility index (Phi) is 5.75. The predicted octanol–water partition coefficient (Wildman–Crippen LogP) is 2.38. The fourth-order valence-corrected chi connectivity index (χ4v) is 2.33. The number of hydrogen-bond acceptors (Lipinski definition) is 4. The van der Waals surface area contributed by atoms with E-state index in [2.05, 4.69) is 31.1 Å². The second-order valence-electron chi connectivity index (χ2n) is 5.50. The SMILES string of the molecule is COCc1nc(CCNC(=O)CC(C)(C)C)cs1. The van der Waals surface area contributed by atoms with Gasteiger partial charge in [-0.1, -0.05) is 20.8 Å². The number of aromatic nitrogens is 1. The molecule has 1 aromatic heterocycles. The third-order valence-electron chi connectivity index (χ3n) is 2.26. The minimum absolute atomic E-state index is 0.0380. The molecule has 1 heterocycles. The van der Waals surface area contributed by atoms with Gasteiger partial charge in [-0.2, -0.15) is 0 Å². The molecule has 102 valence electrons. The van der Waals surface area contributed by atoms with Crippen molar-refractivity contribution in [3.63, 3.8) is 0 Å². The molecule has 5 heteroatoms. The van der Waals surface area contributed by atoms with E-state index in [-0.39, 0.29) is 11.3 Å². The first-order valence-corrected chi connectivity index (χ1v) is 6.97. The summed E-state index contributed by atoms with van der Waals surface area (Å²) in [4.78, 5) is 16.0. The summed E-state index contributed by atoms with van der Waals surface area (Å²) in [6.45, 7) is 7.38. The standard InChI is InChI=1S/C13H22N2O2S/c1-13(2,3)7-11(16)14-6-5-10-9-18-12(15-10)8-17-4/h9H,5-8H2,1-4H3,(H,14,16). The van der Waals surface area contributed by atoms with E-state index in [1.165, 1.54) is 0 Å². The van der Waals surface area contributed by atoms with Gasteiger partial charge in [0.05, 0.1) is 12.3 Å². The predicted molar refractivity (Wildman–Crippen MR) is 73.6 cm³/mol. The lowest BCUT2D eigenvalue weighted by atomic mass is 9.92. The highest BCUT2D eigenvalue weighted by Crippen LogP contribution is 2.17. The highest BCUT2D eigenvalue weighted by atomic mass is 32.1. The monoisotopic (exact) mass is 270 g/mol. The van der Waals surface area contributed by atoms with Crippen molar-refractivity contribution < 1.29 is 9.53 Å². The molecular weight excluding hydrogens is 248 g/mol. The Labute approximate surface area is 113 Å². The van der Waals surface area contributed by atoms with Crippen molar-refractivity contribution in [1.82, 2.24) is 10.3 Å². The van der Waals surface area contributed by atoms with E-state index in [9.17, 15) is 4.79 Å². The molecule has 0 saturated carbocycles. The van der Waals surface area contributed by atoms with Gasteiger partial charge in [0.1, 0.15) is 5.01 Å². The second-order valence-corrected chi connectivity index (χ2v) is 6.45. The zero-order chi connectivity index (χ0) is 13.6. The fourth-order valence-electron chi connectivity index (χ4n) is 1.53. The van der Waals surface area contributed by atoms with Gasteiger partial charge in [-0.25, -0.2) is 4.98 Å². The van der Waals surface area contributed by atoms with Gasteiger partial charge in [-0.15, -0.1) is 11.3 Å². The Bertz CT molecular complexity index is 383. The molecule has 0 aromatic carbocycles. The molecule has 1 aromatic rings. The lowest BCUT2D eigenvalue weighted by Crippen LogP contribution is -2.29. The van der Waals surface area contributed by atoms with Crippen molar-refractivity contribution in [1.29, 1.82) is 0 Å². The van der Waals surface area contributed by atoms with Crippen LogP contribution in [0, 0.1) is 5.41 Å². The summed E-state index contributed by atoms with van der Waals surface area (Å²) >= 11 is 1.59. The first-order chi connectivity index (χ1) is 8.40. The molecule has 0 aliphatic carbocycles. The Morgan fingerprint density at radius 2 is 2.22 bits per heavy atom. The Morgan fingerprint density at radius 3 is 2.83 bits per heavy atom. The number of methoxy groups -OCH3 is 1. The summed E-state index contributed by atoms with van der Waals surface area (Å²) < 4.78 is 5.02. The molecule has 1 N–H and O–H groups in total. The number of carbonyl (C=O) groups excluding carboxylic acids is 1. The largest absolute Gasteiger partial charge is 0.378 e. The van der Waals surface area contributed by atoms with Crippen LogP contribution in [0.2, 0.25) is 0 Å². The van der Waals surface area contributed by atoms with Crippen molar-refractivity contribution in [2.75, 3.05) is 13.7 Å². The second kappa shape index (κ2) is 6.85. The van der Waals surface area contributed by atoms with Gasteiger partial charge in [0.15, 0.2) is 0 Å². The topological polar surface area (TPSA) is 51.2 Å². The zero-order valence-electron chi connectivity index (χ0n) is 11.6. The number of rotatable bonds is 6. The van der Waals surface area contributed by atoms with Crippen LogP contribution in [0.15, 0.2) is 5.38 Å². The Morgan fingerprint density at radius 1 is 1.50 bits per heavy atom. The average Bonchev–Trinajstić information content (AvgIpc) is 2.63. The third-order valence-corrected chi connectivity index (χ3v) is 3.13. The molecule has 0 bridgehead atoms. The van der Waals surface area contributed by atoms with Crippen molar-refractivity contribution in [2.45, 2.75) is 40.2 Å². The van der Waals surface area contributed by atoms with Crippen LogP contribution in [-0.2, 0) is 22.6 Å². The smallest absolute Gasteiger partial charge is 0.220 e. The molecule has 18 heavy (non-hydrogen) atoms. The summed E-state index contributed by atoms with van der Waals surface area (Å²) in [5.74, 6) is 0.106. The van der Waals surface area contributed by atoms with Gasteiger partial charge in [0.25, 0.3) is 0 Å². The maximum Gasteiger partial charge on any atom is 0.220 e. The van der Waals surface area contributed by atoms with Gasteiger partial charge < -0.3 is 10.1 Å². The molecular formula is C13H22N2O2S. The van der Waals surface area contributed by atoms with Crippen LogP contribution < -0.4 is 5.32 Å². The number of nitrogens with zero attached hydrogens (tertiary/aromatic N) is 1. The molecule has 1 rings (SSSR count). The molecule has 0 spiro atoms. The zero-order valence-corrected chi connectivity index (χ0v) is 12.4. The summed E-state index contributed by atoms with van der Waals surface area (Å²) in [6, 6.07) is 0. The van der Waals surface area contributed by atoms with Crippen LogP contribution >= 0.6 is 11.3 Å². The first kappa shape index (κ1) is 15.1. The van der Waals surface area contributed by atoms with Crippen LogP contribution in [-0.4, -0.2) is 24.5 Å².